The normalized spacial score (nSPS) is 17.5. The highest BCUT2D eigenvalue weighted by Gasteiger charge is 2.30. The van der Waals surface area contributed by atoms with Crippen LogP contribution in [0.2, 0.25) is 0 Å². The average Bonchev–Trinajstić information content (AvgIpc) is 3.20. The van der Waals surface area contributed by atoms with E-state index in [9.17, 15) is 13.2 Å². The summed E-state index contributed by atoms with van der Waals surface area (Å²) in [7, 11) is -2.17. The monoisotopic (exact) mass is 445 g/mol. The minimum Gasteiger partial charge on any atom is -0.486 e. The van der Waals surface area contributed by atoms with Crippen LogP contribution < -0.4 is 19.7 Å². The zero-order valence-electron chi connectivity index (χ0n) is 17.7. The summed E-state index contributed by atoms with van der Waals surface area (Å²) in [5.41, 5.74) is 1.61. The Morgan fingerprint density at radius 2 is 2.00 bits per heavy atom. The molecular weight excluding hydrogens is 418 g/mol. The van der Waals surface area contributed by atoms with E-state index in [-0.39, 0.29) is 24.1 Å². The molecule has 2 heterocycles. The number of sulfonamides is 1. The van der Waals surface area contributed by atoms with Crippen LogP contribution >= 0.6 is 0 Å². The number of rotatable bonds is 6. The van der Waals surface area contributed by atoms with Crippen LogP contribution in [0.1, 0.15) is 18.9 Å². The number of hydrogen-bond donors (Lipinski definition) is 1. The molecule has 0 aromatic heterocycles. The van der Waals surface area contributed by atoms with Crippen molar-refractivity contribution in [1.29, 1.82) is 0 Å². The van der Waals surface area contributed by atoms with Crippen LogP contribution in [0.15, 0.2) is 47.4 Å². The smallest absolute Gasteiger partial charge is 0.321 e. The molecular formula is C22H27N3O5S. The van der Waals surface area contributed by atoms with Crippen LogP contribution in [0.4, 0.5) is 10.5 Å². The number of hydrogen-bond acceptors (Lipinski definition) is 5. The average molecular weight is 446 g/mol. The molecule has 166 valence electrons. The molecule has 9 heteroatoms. The van der Waals surface area contributed by atoms with Gasteiger partial charge >= 0.3 is 6.03 Å². The summed E-state index contributed by atoms with van der Waals surface area (Å²) in [6.07, 6.45) is 1.08. The van der Waals surface area contributed by atoms with E-state index in [0.29, 0.717) is 31.0 Å². The molecule has 2 aromatic rings. The van der Waals surface area contributed by atoms with Crippen LogP contribution in [-0.2, 0) is 16.4 Å². The number of urea groups is 1. The van der Waals surface area contributed by atoms with Gasteiger partial charge in [0.25, 0.3) is 0 Å². The first kappa shape index (κ1) is 21.5. The molecule has 0 bridgehead atoms. The molecule has 1 atom stereocenters. The van der Waals surface area contributed by atoms with E-state index < -0.39 is 16.1 Å². The van der Waals surface area contributed by atoms with Crippen molar-refractivity contribution in [3.05, 3.63) is 48.0 Å². The van der Waals surface area contributed by atoms with Gasteiger partial charge in [-0.15, -0.1) is 0 Å². The van der Waals surface area contributed by atoms with Gasteiger partial charge in [-0.2, -0.15) is 4.31 Å². The number of ether oxygens (including phenoxy) is 2. The molecule has 2 aliphatic rings. The zero-order chi connectivity index (χ0) is 22.0. The van der Waals surface area contributed by atoms with Crippen LogP contribution in [0.3, 0.4) is 0 Å². The maximum absolute atomic E-state index is 13.1. The minimum absolute atomic E-state index is 0.150. The summed E-state index contributed by atoms with van der Waals surface area (Å²) in [5.74, 6) is 1.28. The van der Waals surface area contributed by atoms with Gasteiger partial charge in [0.15, 0.2) is 11.5 Å². The molecule has 8 nitrogen and oxygen atoms in total. The number of benzene rings is 2. The van der Waals surface area contributed by atoms with Gasteiger partial charge in [0.05, 0.1) is 11.4 Å². The molecule has 2 aliphatic heterocycles. The number of para-hydroxylation sites is 2. The third-order valence-corrected chi connectivity index (χ3v) is 7.27. The molecule has 2 aromatic carbocycles. The Morgan fingerprint density at radius 1 is 1.23 bits per heavy atom. The lowest BCUT2D eigenvalue weighted by molar-refractivity contribution is 0.0798. The van der Waals surface area contributed by atoms with Crippen molar-refractivity contribution in [2.24, 2.45) is 0 Å². The summed E-state index contributed by atoms with van der Waals surface area (Å²) < 4.78 is 39.2. The van der Waals surface area contributed by atoms with Gasteiger partial charge in [0.1, 0.15) is 12.7 Å². The van der Waals surface area contributed by atoms with Gasteiger partial charge in [-0.3, -0.25) is 4.90 Å². The Bertz CT molecular complexity index is 1070. The Balaban J connectivity index is 1.46. The Morgan fingerprint density at radius 3 is 2.77 bits per heavy atom. The molecule has 4 rings (SSSR count). The first-order chi connectivity index (χ1) is 14.9. The van der Waals surface area contributed by atoms with Gasteiger partial charge in [-0.1, -0.05) is 19.1 Å². The number of nitrogens with one attached hydrogen (secondary N) is 1. The number of likely N-dealkylation sites (N-methyl/N-ethyl adjacent to an activating group) is 1. The van der Waals surface area contributed by atoms with Gasteiger partial charge < -0.3 is 14.8 Å². The second-order valence-electron chi connectivity index (χ2n) is 7.71. The summed E-state index contributed by atoms with van der Waals surface area (Å²) in [5, 5.41) is 2.87. The van der Waals surface area contributed by atoms with E-state index in [1.165, 1.54) is 11.4 Å². The van der Waals surface area contributed by atoms with E-state index in [1.807, 2.05) is 25.1 Å². The van der Waals surface area contributed by atoms with Crippen molar-refractivity contribution < 1.29 is 22.7 Å². The van der Waals surface area contributed by atoms with Crippen LogP contribution in [-0.4, -0.2) is 58.1 Å². The van der Waals surface area contributed by atoms with E-state index in [2.05, 4.69) is 5.32 Å². The number of nitrogens with zero attached hydrogens (tertiary/aromatic N) is 2. The largest absolute Gasteiger partial charge is 0.486 e. The maximum Gasteiger partial charge on any atom is 0.321 e. The van der Waals surface area contributed by atoms with Crippen LogP contribution in [0.25, 0.3) is 0 Å². The molecule has 0 radical (unpaired) electrons. The van der Waals surface area contributed by atoms with Crippen molar-refractivity contribution in [1.82, 2.24) is 9.62 Å². The van der Waals surface area contributed by atoms with Crippen LogP contribution in [0.5, 0.6) is 11.5 Å². The van der Waals surface area contributed by atoms with Gasteiger partial charge in [0.2, 0.25) is 10.0 Å². The van der Waals surface area contributed by atoms with Gasteiger partial charge in [-0.25, -0.2) is 13.2 Å². The lowest BCUT2D eigenvalue weighted by atomic mass is 10.2. The topological polar surface area (TPSA) is 88.2 Å². The second-order valence-corrected chi connectivity index (χ2v) is 9.75. The lowest BCUT2D eigenvalue weighted by Crippen LogP contribution is -2.41. The standard InChI is InChI=1S/C22H27N3O5S/c1-3-11-23-22(26)25-12-10-16-13-18(8-9-19(16)25)31(27,28)24(2)14-17-15-29-20-6-4-5-7-21(20)30-17/h4-9,13,17H,3,10-12,14-15H2,1-2H3,(H,23,26)/t17-/m1/s1. The molecule has 31 heavy (non-hydrogen) atoms. The highest BCUT2D eigenvalue weighted by molar-refractivity contribution is 7.89. The molecule has 0 fully saturated rings. The van der Waals surface area contributed by atoms with Gasteiger partial charge in [0, 0.05) is 25.8 Å². The molecule has 0 saturated heterocycles. The van der Waals surface area contributed by atoms with E-state index in [4.69, 9.17) is 9.47 Å². The highest BCUT2D eigenvalue weighted by atomic mass is 32.2. The lowest BCUT2D eigenvalue weighted by Gasteiger charge is -2.29. The first-order valence-electron chi connectivity index (χ1n) is 10.4. The molecule has 2 amide bonds. The number of carbonyl (C=O) groups excluding carboxylic acids is 1. The Labute approximate surface area is 182 Å². The summed E-state index contributed by atoms with van der Waals surface area (Å²) >= 11 is 0. The van der Waals surface area contributed by atoms with Crippen molar-refractivity contribution in [3.8, 4) is 11.5 Å². The predicted molar refractivity (Wildman–Crippen MR) is 117 cm³/mol. The fourth-order valence-corrected chi connectivity index (χ4v) is 5.05. The van der Waals surface area contributed by atoms with Crippen molar-refractivity contribution >= 4 is 21.7 Å². The van der Waals surface area contributed by atoms with Crippen molar-refractivity contribution in [2.75, 3.05) is 38.2 Å². The van der Waals surface area contributed by atoms with E-state index in [1.54, 1.807) is 29.2 Å². The quantitative estimate of drug-likeness (QED) is 0.739. The van der Waals surface area contributed by atoms with Crippen LogP contribution in [0, 0.1) is 0 Å². The second kappa shape index (κ2) is 8.76. The summed E-state index contributed by atoms with van der Waals surface area (Å²) in [4.78, 5) is 14.2. The Kier molecular flexibility index (Phi) is 6.06. The molecule has 0 spiro atoms. The molecule has 0 unspecified atom stereocenters. The number of anilines is 1. The third-order valence-electron chi connectivity index (χ3n) is 5.45. The highest BCUT2D eigenvalue weighted by Crippen LogP contribution is 2.33. The minimum atomic E-state index is -3.71. The Hall–Kier alpha value is -2.78. The van der Waals surface area contributed by atoms with Crippen molar-refractivity contribution in [3.63, 3.8) is 0 Å². The number of amides is 2. The fraction of sp³-hybridized carbons (Fsp3) is 0.409. The van der Waals surface area contributed by atoms with E-state index >= 15 is 0 Å². The van der Waals surface area contributed by atoms with E-state index in [0.717, 1.165) is 17.7 Å². The number of carbonyl (C=O) groups is 1. The van der Waals surface area contributed by atoms with Gasteiger partial charge in [-0.05, 0) is 48.7 Å². The zero-order valence-corrected chi connectivity index (χ0v) is 18.5. The summed E-state index contributed by atoms with van der Waals surface area (Å²) in [6.45, 7) is 3.59. The molecule has 1 N–H and O–H groups in total. The predicted octanol–water partition coefficient (Wildman–Crippen LogP) is 2.63. The fourth-order valence-electron chi connectivity index (χ4n) is 3.79. The maximum atomic E-state index is 13.1. The molecule has 0 aliphatic carbocycles. The SMILES string of the molecule is CCCNC(=O)N1CCc2cc(S(=O)(=O)N(C)C[C@@H]3COc4ccccc4O3)ccc21. The third kappa shape index (κ3) is 4.33. The first-order valence-corrected chi connectivity index (χ1v) is 11.9. The molecule has 0 saturated carbocycles. The summed E-state index contributed by atoms with van der Waals surface area (Å²) in [6, 6.07) is 12.1. The van der Waals surface area contributed by atoms with Crippen molar-refractivity contribution in [2.45, 2.75) is 30.8 Å². The number of fused-ring (bicyclic) bond motifs is 2.